The molecule has 7 rings (SSSR count). The molecule has 0 aliphatic carbocycles. The lowest BCUT2D eigenvalue weighted by Crippen LogP contribution is -1.96. The number of rotatable bonds is 3. The number of halogens is 1. The van der Waals surface area contributed by atoms with Crippen LogP contribution in [0.4, 0.5) is 0 Å². The number of hydrogen-bond acceptors (Lipinski definition) is 3. The molecule has 0 N–H and O–H groups in total. The lowest BCUT2D eigenvalue weighted by atomic mass is 10.0. The Morgan fingerprint density at radius 1 is 0.528 bits per heavy atom. The van der Waals surface area contributed by atoms with Crippen molar-refractivity contribution in [1.29, 1.82) is 0 Å². The molecule has 0 saturated carbocycles. The molecular weight excluding hydrogens is 464 g/mol. The average molecular weight is 483 g/mol. The van der Waals surface area contributed by atoms with E-state index in [1.165, 1.54) is 0 Å². The van der Waals surface area contributed by atoms with Crippen LogP contribution in [0.2, 0.25) is 5.02 Å². The molecule has 0 unspecified atom stereocenters. The third kappa shape index (κ3) is 3.44. The molecule has 170 valence electrons. The molecule has 2 aromatic heterocycles. The number of aromatic nitrogens is 2. The van der Waals surface area contributed by atoms with E-state index in [2.05, 4.69) is 42.5 Å². The first-order valence-electron chi connectivity index (χ1n) is 11.8. The van der Waals surface area contributed by atoms with Crippen molar-refractivity contribution in [2.75, 3.05) is 0 Å². The van der Waals surface area contributed by atoms with Crippen LogP contribution in [-0.2, 0) is 0 Å². The van der Waals surface area contributed by atoms with Crippen LogP contribution < -0.4 is 0 Å². The molecule has 0 amide bonds. The fourth-order valence-corrected chi connectivity index (χ4v) is 5.02. The first-order chi connectivity index (χ1) is 17.7. The molecule has 0 aliphatic rings. The molecular formula is C32H19ClN2O. The third-order valence-electron chi connectivity index (χ3n) is 6.54. The Morgan fingerprint density at radius 2 is 1.25 bits per heavy atom. The highest BCUT2D eigenvalue weighted by molar-refractivity contribution is 6.30. The standard InChI is InChI=1S/C32H19ClN2O/c33-23-12-6-11-22(18-23)28-19-29(35-32(34-28)21-9-2-1-3-10-21)27-15-7-14-25-26-17-16-20-8-4-5-13-24(20)30(26)36-31(25)27/h1-19H. The highest BCUT2D eigenvalue weighted by Crippen LogP contribution is 2.39. The van der Waals surface area contributed by atoms with Gasteiger partial charge >= 0.3 is 0 Å². The average Bonchev–Trinajstić information content (AvgIpc) is 3.33. The van der Waals surface area contributed by atoms with Gasteiger partial charge in [-0.1, -0.05) is 96.5 Å². The lowest BCUT2D eigenvalue weighted by Gasteiger charge is -2.10. The Bertz CT molecular complexity index is 1910. The van der Waals surface area contributed by atoms with Crippen molar-refractivity contribution in [2.45, 2.75) is 0 Å². The van der Waals surface area contributed by atoms with Crippen LogP contribution >= 0.6 is 11.6 Å². The lowest BCUT2D eigenvalue weighted by molar-refractivity contribution is 0.673. The Morgan fingerprint density at radius 3 is 2.14 bits per heavy atom. The second-order valence-corrected chi connectivity index (χ2v) is 9.22. The van der Waals surface area contributed by atoms with Crippen LogP contribution in [0.5, 0.6) is 0 Å². The van der Waals surface area contributed by atoms with Gasteiger partial charge in [0.25, 0.3) is 0 Å². The Balaban J connectivity index is 1.52. The maximum Gasteiger partial charge on any atom is 0.160 e. The second-order valence-electron chi connectivity index (χ2n) is 8.79. The monoisotopic (exact) mass is 482 g/mol. The van der Waals surface area contributed by atoms with Gasteiger partial charge in [0.15, 0.2) is 5.82 Å². The zero-order valence-electron chi connectivity index (χ0n) is 19.2. The highest BCUT2D eigenvalue weighted by Gasteiger charge is 2.17. The summed E-state index contributed by atoms with van der Waals surface area (Å²) in [7, 11) is 0. The third-order valence-corrected chi connectivity index (χ3v) is 6.78. The van der Waals surface area contributed by atoms with Crippen molar-refractivity contribution in [1.82, 2.24) is 9.97 Å². The van der Waals surface area contributed by atoms with Crippen LogP contribution in [0.1, 0.15) is 0 Å². The van der Waals surface area contributed by atoms with E-state index in [9.17, 15) is 0 Å². The molecule has 36 heavy (non-hydrogen) atoms. The topological polar surface area (TPSA) is 38.9 Å². The summed E-state index contributed by atoms with van der Waals surface area (Å²) in [5.41, 5.74) is 6.13. The number of furan rings is 1. The van der Waals surface area contributed by atoms with Gasteiger partial charge in [0, 0.05) is 37.9 Å². The molecule has 0 spiro atoms. The minimum atomic E-state index is 0.654. The minimum Gasteiger partial charge on any atom is -0.455 e. The molecule has 0 fully saturated rings. The normalized spacial score (nSPS) is 11.5. The number of benzene rings is 5. The summed E-state index contributed by atoms with van der Waals surface area (Å²) in [6, 6.07) is 38.6. The van der Waals surface area contributed by atoms with Crippen LogP contribution in [0, 0.1) is 0 Å². The predicted octanol–water partition coefficient (Wildman–Crippen LogP) is 9.18. The van der Waals surface area contributed by atoms with Crippen LogP contribution in [-0.4, -0.2) is 9.97 Å². The van der Waals surface area contributed by atoms with E-state index in [1.807, 2.05) is 72.8 Å². The summed E-state index contributed by atoms with van der Waals surface area (Å²) in [5.74, 6) is 0.654. The number of para-hydroxylation sites is 1. The first kappa shape index (κ1) is 20.9. The maximum absolute atomic E-state index is 6.58. The summed E-state index contributed by atoms with van der Waals surface area (Å²) < 4.78 is 6.58. The van der Waals surface area contributed by atoms with Crippen LogP contribution in [0.25, 0.3) is 66.6 Å². The molecule has 0 bridgehead atoms. The summed E-state index contributed by atoms with van der Waals surface area (Å²) in [5, 5.41) is 5.09. The molecule has 4 heteroatoms. The zero-order valence-corrected chi connectivity index (χ0v) is 19.9. The second kappa shape index (κ2) is 8.33. The van der Waals surface area contributed by atoms with Gasteiger partial charge in [-0.05, 0) is 35.7 Å². The van der Waals surface area contributed by atoms with E-state index in [0.717, 1.165) is 60.8 Å². The molecule has 7 aromatic rings. The largest absolute Gasteiger partial charge is 0.455 e. The smallest absolute Gasteiger partial charge is 0.160 e. The van der Waals surface area contributed by atoms with Crippen molar-refractivity contribution >= 4 is 44.3 Å². The van der Waals surface area contributed by atoms with E-state index in [-0.39, 0.29) is 0 Å². The molecule has 3 nitrogen and oxygen atoms in total. The summed E-state index contributed by atoms with van der Waals surface area (Å²) >= 11 is 6.32. The summed E-state index contributed by atoms with van der Waals surface area (Å²) in [6.07, 6.45) is 0. The van der Waals surface area contributed by atoms with Gasteiger partial charge in [0.1, 0.15) is 11.2 Å². The molecule has 2 heterocycles. The van der Waals surface area contributed by atoms with E-state index in [4.69, 9.17) is 26.0 Å². The summed E-state index contributed by atoms with van der Waals surface area (Å²) in [4.78, 5) is 9.90. The van der Waals surface area contributed by atoms with Gasteiger partial charge in [-0.2, -0.15) is 0 Å². The molecule has 0 radical (unpaired) electrons. The Labute approximate surface area is 212 Å². The van der Waals surface area contributed by atoms with E-state index in [1.54, 1.807) is 0 Å². The Kier molecular flexibility index (Phi) is 4.83. The van der Waals surface area contributed by atoms with Crippen LogP contribution in [0.3, 0.4) is 0 Å². The fourth-order valence-electron chi connectivity index (χ4n) is 4.83. The quantitative estimate of drug-likeness (QED) is 0.252. The highest BCUT2D eigenvalue weighted by atomic mass is 35.5. The van der Waals surface area contributed by atoms with Gasteiger partial charge in [0.05, 0.1) is 11.4 Å². The van der Waals surface area contributed by atoms with Gasteiger partial charge in [-0.15, -0.1) is 0 Å². The van der Waals surface area contributed by atoms with Gasteiger partial charge in [-0.3, -0.25) is 0 Å². The molecule has 0 saturated heterocycles. The number of hydrogen-bond donors (Lipinski definition) is 0. The maximum atomic E-state index is 6.58. The van der Waals surface area contributed by atoms with Crippen molar-refractivity contribution < 1.29 is 4.42 Å². The molecule has 0 aliphatic heterocycles. The Hall–Kier alpha value is -4.47. The number of fused-ring (bicyclic) bond motifs is 5. The van der Waals surface area contributed by atoms with Crippen molar-refractivity contribution in [2.24, 2.45) is 0 Å². The van der Waals surface area contributed by atoms with Crippen molar-refractivity contribution in [3.05, 3.63) is 120 Å². The summed E-state index contributed by atoms with van der Waals surface area (Å²) in [6.45, 7) is 0. The number of nitrogens with zero attached hydrogens (tertiary/aromatic N) is 2. The molecule has 5 aromatic carbocycles. The SMILES string of the molecule is Clc1cccc(-c2cc(-c3cccc4c3oc3c5ccccc5ccc43)nc(-c3ccccc3)n2)c1. The fraction of sp³-hybridized carbons (Fsp3) is 0. The van der Waals surface area contributed by atoms with Gasteiger partial charge in [-0.25, -0.2) is 9.97 Å². The van der Waals surface area contributed by atoms with Crippen molar-refractivity contribution in [3.63, 3.8) is 0 Å². The minimum absolute atomic E-state index is 0.654. The van der Waals surface area contributed by atoms with Gasteiger partial charge in [0.2, 0.25) is 0 Å². The molecule has 0 atom stereocenters. The van der Waals surface area contributed by atoms with E-state index < -0.39 is 0 Å². The van der Waals surface area contributed by atoms with Crippen molar-refractivity contribution in [3.8, 4) is 33.9 Å². The predicted molar refractivity (Wildman–Crippen MR) is 148 cm³/mol. The van der Waals surface area contributed by atoms with E-state index >= 15 is 0 Å². The van der Waals surface area contributed by atoms with E-state index in [0.29, 0.717) is 10.8 Å². The first-order valence-corrected chi connectivity index (χ1v) is 12.2. The van der Waals surface area contributed by atoms with Gasteiger partial charge < -0.3 is 4.42 Å². The van der Waals surface area contributed by atoms with Crippen LogP contribution in [0.15, 0.2) is 120 Å². The zero-order chi connectivity index (χ0) is 24.1.